The van der Waals surface area contributed by atoms with E-state index in [1.165, 1.54) is 0 Å². The van der Waals surface area contributed by atoms with Crippen molar-refractivity contribution in [1.29, 1.82) is 0 Å². The van der Waals surface area contributed by atoms with Gasteiger partial charge in [0.1, 0.15) is 6.29 Å². The molecule has 1 aromatic heterocycles. The zero-order valence-electron chi connectivity index (χ0n) is 10.7. The van der Waals surface area contributed by atoms with E-state index in [0.29, 0.717) is 6.42 Å². The number of carbonyl (C=O) groups is 1. The Labute approximate surface area is 110 Å². The summed E-state index contributed by atoms with van der Waals surface area (Å²) in [5.41, 5.74) is 1.79. The molecule has 1 heterocycles. The molecular formula is C14H16N2O3. The molecular weight excluding hydrogens is 244 g/mol. The highest BCUT2D eigenvalue weighted by Crippen LogP contribution is 2.31. The zero-order valence-corrected chi connectivity index (χ0v) is 10.7. The van der Waals surface area contributed by atoms with Crippen molar-refractivity contribution in [3.8, 4) is 0 Å². The molecule has 2 aromatic rings. The van der Waals surface area contributed by atoms with E-state index < -0.39 is 0 Å². The van der Waals surface area contributed by atoms with Crippen LogP contribution >= 0.6 is 0 Å². The fourth-order valence-corrected chi connectivity index (χ4v) is 2.50. The number of aldehydes is 1. The average Bonchev–Trinajstić information content (AvgIpc) is 2.82. The minimum absolute atomic E-state index is 0.223. The van der Waals surface area contributed by atoms with Crippen LogP contribution in [0.2, 0.25) is 0 Å². The number of carbonyl (C=O) groups excluding carboxylic acids is 1. The third-order valence-electron chi connectivity index (χ3n) is 3.53. The van der Waals surface area contributed by atoms with E-state index in [2.05, 4.69) is 4.98 Å². The molecule has 0 aliphatic rings. The molecule has 1 aromatic carbocycles. The lowest BCUT2D eigenvalue weighted by Crippen LogP contribution is -2.21. The molecule has 2 unspecified atom stereocenters. The van der Waals surface area contributed by atoms with E-state index in [9.17, 15) is 14.9 Å². The number of hydrogen-bond donors (Lipinski definition) is 1. The normalized spacial score (nSPS) is 14.2. The van der Waals surface area contributed by atoms with Gasteiger partial charge >= 0.3 is 0 Å². The third kappa shape index (κ3) is 2.65. The first-order valence-electron chi connectivity index (χ1n) is 6.30. The van der Waals surface area contributed by atoms with Gasteiger partial charge < -0.3 is 9.78 Å². The number of benzene rings is 1. The molecule has 1 N–H and O–H groups in total. The number of hydrogen-bond acceptors (Lipinski definition) is 3. The molecule has 0 aliphatic heterocycles. The first kappa shape index (κ1) is 13.3. The number of nitrogens with one attached hydrogen (secondary N) is 1. The van der Waals surface area contributed by atoms with Gasteiger partial charge in [0.05, 0.1) is 5.92 Å². The molecule has 2 rings (SSSR count). The van der Waals surface area contributed by atoms with E-state index >= 15 is 0 Å². The highest BCUT2D eigenvalue weighted by Gasteiger charge is 2.28. The number of H-pyrrole nitrogens is 1. The molecule has 0 amide bonds. The van der Waals surface area contributed by atoms with Crippen LogP contribution in [0.4, 0.5) is 0 Å². The van der Waals surface area contributed by atoms with Crippen LogP contribution in [0.5, 0.6) is 0 Å². The monoisotopic (exact) mass is 260 g/mol. The summed E-state index contributed by atoms with van der Waals surface area (Å²) in [6, 6.07) is 7.64. The van der Waals surface area contributed by atoms with Gasteiger partial charge in [0.2, 0.25) is 6.54 Å². The Hall–Kier alpha value is -2.17. The van der Waals surface area contributed by atoms with Crippen LogP contribution in [0.1, 0.15) is 24.8 Å². The van der Waals surface area contributed by atoms with Crippen molar-refractivity contribution in [3.05, 3.63) is 46.1 Å². The van der Waals surface area contributed by atoms with Crippen molar-refractivity contribution in [2.75, 3.05) is 6.54 Å². The topological polar surface area (TPSA) is 76.0 Å². The number of para-hydroxylation sites is 1. The lowest BCUT2D eigenvalue weighted by Gasteiger charge is -2.17. The van der Waals surface area contributed by atoms with Gasteiger partial charge in [-0.3, -0.25) is 10.1 Å². The van der Waals surface area contributed by atoms with Gasteiger partial charge in [0, 0.05) is 27.9 Å². The van der Waals surface area contributed by atoms with Crippen LogP contribution in [0.15, 0.2) is 30.5 Å². The number of nitrogens with zero attached hydrogens (tertiary/aromatic N) is 1. The smallest absolute Gasteiger partial charge is 0.211 e. The molecule has 100 valence electrons. The molecule has 0 fully saturated rings. The average molecular weight is 260 g/mol. The van der Waals surface area contributed by atoms with E-state index in [-0.39, 0.29) is 23.3 Å². The minimum Gasteiger partial charge on any atom is -0.361 e. The van der Waals surface area contributed by atoms with E-state index in [0.717, 1.165) is 22.8 Å². The fourth-order valence-electron chi connectivity index (χ4n) is 2.50. The van der Waals surface area contributed by atoms with E-state index in [1.807, 2.05) is 31.2 Å². The van der Waals surface area contributed by atoms with Crippen molar-refractivity contribution >= 4 is 17.2 Å². The van der Waals surface area contributed by atoms with Crippen LogP contribution in [0, 0.1) is 16.0 Å². The predicted molar refractivity (Wildman–Crippen MR) is 72.7 cm³/mol. The van der Waals surface area contributed by atoms with Crippen molar-refractivity contribution in [1.82, 2.24) is 4.98 Å². The van der Waals surface area contributed by atoms with Gasteiger partial charge in [0.15, 0.2) is 0 Å². The standard InChI is InChI=1S/C14H16N2O3/c1-2-10(9-17)13(8-16(18)19)12-7-15-14-6-4-3-5-11(12)14/h3-7,9-10,13,15H,2,8H2,1H3. The van der Waals surface area contributed by atoms with Crippen LogP contribution in [-0.4, -0.2) is 22.7 Å². The molecule has 0 saturated carbocycles. The molecule has 0 spiro atoms. The Kier molecular flexibility index (Phi) is 3.94. The summed E-state index contributed by atoms with van der Waals surface area (Å²) in [7, 11) is 0. The summed E-state index contributed by atoms with van der Waals surface area (Å²) in [5, 5.41) is 11.8. The Morgan fingerprint density at radius 2 is 2.16 bits per heavy atom. The molecule has 2 atom stereocenters. The van der Waals surface area contributed by atoms with Crippen LogP contribution in [0.3, 0.4) is 0 Å². The summed E-state index contributed by atoms with van der Waals surface area (Å²) in [6.07, 6.45) is 3.21. The first-order chi connectivity index (χ1) is 9.17. The summed E-state index contributed by atoms with van der Waals surface area (Å²) in [5.74, 6) is -0.710. The molecule has 0 aliphatic carbocycles. The Balaban J connectivity index is 2.47. The van der Waals surface area contributed by atoms with Crippen molar-refractivity contribution in [3.63, 3.8) is 0 Å². The Morgan fingerprint density at radius 1 is 1.42 bits per heavy atom. The van der Waals surface area contributed by atoms with Gasteiger partial charge in [0.25, 0.3) is 0 Å². The van der Waals surface area contributed by atoms with Crippen molar-refractivity contribution in [2.45, 2.75) is 19.3 Å². The van der Waals surface area contributed by atoms with Crippen molar-refractivity contribution < 1.29 is 9.72 Å². The van der Waals surface area contributed by atoms with E-state index in [4.69, 9.17) is 0 Å². The summed E-state index contributed by atoms with van der Waals surface area (Å²) in [6.45, 7) is 1.65. The van der Waals surface area contributed by atoms with Crippen LogP contribution in [0.25, 0.3) is 10.9 Å². The lowest BCUT2D eigenvalue weighted by atomic mass is 9.85. The lowest BCUT2D eigenvalue weighted by molar-refractivity contribution is -0.484. The predicted octanol–water partition coefficient (Wildman–Crippen LogP) is 2.75. The Morgan fingerprint density at radius 3 is 2.79 bits per heavy atom. The first-order valence-corrected chi connectivity index (χ1v) is 6.30. The summed E-state index contributed by atoms with van der Waals surface area (Å²) in [4.78, 5) is 24.8. The highest BCUT2D eigenvalue weighted by atomic mass is 16.6. The van der Waals surface area contributed by atoms with E-state index in [1.54, 1.807) is 6.20 Å². The second kappa shape index (κ2) is 5.65. The zero-order chi connectivity index (χ0) is 13.8. The number of aromatic nitrogens is 1. The largest absolute Gasteiger partial charge is 0.361 e. The second-order valence-corrected chi connectivity index (χ2v) is 4.62. The van der Waals surface area contributed by atoms with Crippen molar-refractivity contribution in [2.24, 2.45) is 5.92 Å². The van der Waals surface area contributed by atoms with Gasteiger partial charge in [-0.1, -0.05) is 25.1 Å². The molecule has 5 heteroatoms. The van der Waals surface area contributed by atoms with Gasteiger partial charge in [-0.25, -0.2) is 0 Å². The maximum absolute atomic E-state index is 11.2. The number of rotatable bonds is 6. The SMILES string of the molecule is CCC(C=O)C(C[N+](=O)[O-])c1c[nH]c2ccccc12. The van der Waals surface area contributed by atoms with Crippen LogP contribution < -0.4 is 0 Å². The molecule has 0 saturated heterocycles. The maximum Gasteiger partial charge on any atom is 0.211 e. The summed E-state index contributed by atoms with van der Waals surface area (Å²) >= 11 is 0. The number of nitro groups is 1. The second-order valence-electron chi connectivity index (χ2n) is 4.62. The van der Waals surface area contributed by atoms with Gasteiger partial charge in [-0.05, 0) is 18.1 Å². The maximum atomic E-state index is 11.2. The van der Waals surface area contributed by atoms with Gasteiger partial charge in [-0.2, -0.15) is 0 Å². The molecule has 5 nitrogen and oxygen atoms in total. The van der Waals surface area contributed by atoms with Crippen LogP contribution in [-0.2, 0) is 4.79 Å². The fraction of sp³-hybridized carbons (Fsp3) is 0.357. The molecule has 0 radical (unpaired) electrons. The third-order valence-corrected chi connectivity index (χ3v) is 3.53. The van der Waals surface area contributed by atoms with Gasteiger partial charge in [-0.15, -0.1) is 0 Å². The highest BCUT2D eigenvalue weighted by molar-refractivity contribution is 5.84. The quantitative estimate of drug-likeness (QED) is 0.493. The summed E-state index contributed by atoms with van der Waals surface area (Å²) < 4.78 is 0. The minimum atomic E-state index is -0.381. The number of fused-ring (bicyclic) bond motifs is 1. The molecule has 19 heavy (non-hydrogen) atoms. The Bertz CT molecular complexity index is 591. The number of aromatic amines is 1. The molecule has 0 bridgehead atoms.